The van der Waals surface area contributed by atoms with E-state index in [0.29, 0.717) is 18.8 Å². The number of likely N-dealkylation sites (N-methyl/N-ethyl adjacent to an activating group) is 1. The first-order valence-electron chi connectivity index (χ1n) is 7.19. The number of rotatable bonds is 6. The van der Waals surface area contributed by atoms with Crippen LogP contribution in [0, 0.1) is 0 Å². The van der Waals surface area contributed by atoms with Crippen molar-refractivity contribution in [3.05, 3.63) is 34.2 Å². The Morgan fingerprint density at radius 3 is 2.81 bits per heavy atom. The van der Waals surface area contributed by atoms with Crippen molar-refractivity contribution in [2.75, 3.05) is 19.7 Å². The predicted molar refractivity (Wildman–Crippen MR) is 85.6 cm³/mol. The number of carbonyl (C=O) groups excluding carboxylic acids is 1. The largest absolute Gasteiger partial charge is 0.395 e. The van der Waals surface area contributed by atoms with Crippen LogP contribution in [0.4, 0.5) is 0 Å². The Morgan fingerprint density at radius 2 is 2.19 bits per heavy atom. The minimum atomic E-state index is -0.0828. The molecule has 0 fully saturated rings. The first-order valence-corrected chi connectivity index (χ1v) is 7.98. The molecular weight excluding hydrogens is 334 g/mol. The zero-order valence-electron chi connectivity index (χ0n) is 12.3. The second-order valence-corrected chi connectivity index (χ2v) is 5.76. The van der Waals surface area contributed by atoms with Gasteiger partial charge in [-0.25, -0.2) is 4.98 Å². The van der Waals surface area contributed by atoms with Crippen LogP contribution < -0.4 is 0 Å². The van der Waals surface area contributed by atoms with E-state index in [9.17, 15) is 4.79 Å². The predicted octanol–water partition coefficient (Wildman–Crippen LogP) is 2.50. The summed E-state index contributed by atoms with van der Waals surface area (Å²) in [4.78, 5) is 19.0. The van der Waals surface area contributed by atoms with Crippen LogP contribution in [-0.2, 0) is 6.42 Å². The van der Waals surface area contributed by atoms with Crippen LogP contribution in [0.1, 0.15) is 36.5 Å². The summed E-state index contributed by atoms with van der Waals surface area (Å²) in [6.45, 7) is 4.84. The van der Waals surface area contributed by atoms with Crippen LogP contribution in [0.25, 0.3) is 5.65 Å². The van der Waals surface area contributed by atoms with Gasteiger partial charge < -0.3 is 10.0 Å². The lowest BCUT2D eigenvalue weighted by Gasteiger charge is -2.20. The molecular formula is C15H20BrN3O2. The molecule has 21 heavy (non-hydrogen) atoms. The molecule has 0 atom stereocenters. The van der Waals surface area contributed by atoms with Crippen molar-refractivity contribution in [2.24, 2.45) is 0 Å². The molecule has 0 saturated carbocycles. The van der Waals surface area contributed by atoms with E-state index in [1.165, 1.54) is 0 Å². The summed E-state index contributed by atoms with van der Waals surface area (Å²) in [6, 6.07) is 3.81. The highest BCUT2D eigenvalue weighted by Gasteiger charge is 2.23. The number of halogens is 1. The SMILES string of the molecule is CCCc1nc2ccc(Br)cn2c1C(=O)N(CC)CCO. The van der Waals surface area contributed by atoms with Crippen molar-refractivity contribution in [1.29, 1.82) is 0 Å². The number of aliphatic hydroxyl groups excluding tert-OH is 1. The van der Waals surface area contributed by atoms with Crippen LogP contribution in [0.2, 0.25) is 0 Å². The van der Waals surface area contributed by atoms with Gasteiger partial charge in [-0.3, -0.25) is 9.20 Å². The molecule has 0 aliphatic rings. The molecule has 6 heteroatoms. The maximum absolute atomic E-state index is 12.8. The molecule has 0 spiro atoms. The number of pyridine rings is 1. The minimum absolute atomic E-state index is 0.0386. The third-order valence-electron chi connectivity index (χ3n) is 3.38. The molecule has 0 aliphatic heterocycles. The van der Waals surface area contributed by atoms with Gasteiger partial charge in [-0.15, -0.1) is 0 Å². The van der Waals surface area contributed by atoms with Gasteiger partial charge in [0.1, 0.15) is 11.3 Å². The average Bonchev–Trinajstić information content (AvgIpc) is 2.81. The summed E-state index contributed by atoms with van der Waals surface area (Å²) in [5, 5.41) is 9.12. The molecule has 2 aromatic heterocycles. The smallest absolute Gasteiger partial charge is 0.272 e. The van der Waals surface area contributed by atoms with Gasteiger partial charge in [0.25, 0.3) is 5.91 Å². The van der Waals surface area contributed by atoms with E-state index >= 15 is 0 Å². The molecule has 0 unspecified atom stereocenters. The Kier molecular flexibility index (Phi) is 5.36. The fraction of sp³-hybridized carbons (Fsp3) is 0.467. The maximum atomic E-state index is 12.8. The standard InChI is InChI=1S/C15H20BrN3O2/c1-3-5-12-14(15(21)18(4-2)8-9-20)19-10-11(16)6-7-13(19)17-12/h6-7,10,20H,3-5,8-9H2,1-2H3. The second-order valence-electron chi connectivity index (χ2n) is 4.84. The quantitative estimate of drug-likeness (QED) is 0.867. The number of hydrogen-bond acceptors (Lipinski definition) is 3. The molecule has 0 radical (unpaired) electrons. The van der Waals surface area contributed by atoms with E-state index in [1.807, 2.05) is 29.7 Å². The van der Waals surface area contributed by atoms with Gasteiger partial charge in [0.05, 0.1) is 12.3 Å². The minimum Gasteiger partial charge on any atom is -0.395 e. The van der Waals surface area contributed by atoms with Crippen molar-refractivity contribution >= 4 is 27.5 Å². The van der Waals surface area contributed by atoms with Gasteiger partial charge in [-0.1, -0.05) is 13.3 Å². The third-order valence-corrected chi connectivity index (χ3v) is 3.85. The summed E-state index contributed by atoms with van der Waals surface area (Å²) in [5.74, 6) is -0.0828. The van der Waals surface area contributed by atoms with E-state index in [1.54, 1.807) is 4.90 Å². The Hall–Kier alpha value is -1.40. The molecule has 0 aromatic carbocycles. The lowest BCUT2D eigenvalue weighted by molar-refractivity contribution is 0.0724. The van der Waals surface area contributed by atoms with Crippen molar-refractivity contribution in [3.63, 3.8) is 0 Å². The number of amides is 1. The first-order chi connectivity index (χ1) is 10.1. The topological polar surface area (TPSA) is 57.8 Å². The Morgan fingerprint density at radius 1 is 1.43 bits per heavy atom. The number of aromatic nitrogens is 2. The van der Waals surface area contributed by atoms with E-state index in [-0.39, 0.29) is 12.5 Å². The normalized spacial score (nSPS) is 11.0. The zero-order chi connectivity index (χ0) is 15.4. The highest BCUT2D eigenvalue weighted by atomic mass is 79.9. The van der Waals surface area contributed by atoms with Crippen molar-refractivity contribution in [2.45, 2.75) is 26.7 Å². The van der Waals surface area contributed by atoms with Gasteiger partial charge in [-0.05, 0) is 41.4 Å². The van der Waals surface area contributed by atoms with Gasteiger partial charge in [-0.2, -0.15) is 0 Å². The van der Waals surface area contributed by atoms with E-state index in [2.05, 4.69) is 27.8 Å². The molecule has 2 rings (SSSR count). The van der Waals surface area contributed by atoms with Gasteiger partial charge >= 0.3 is 0 Å². The van der Waals surface area contributed by atoms with Crippen LogP contribution in [-0.4, -0.2) is 45.0 Å². The van der Waals surface area contributed by atoms with Crippen molar-refractivity contribution in [3.8, 4) is 0 Å². The van der Waals surface area contributed by atoms with Crippen molar-refractivity contribution < 1.29 is 9.90 Å². The summed E-state index contributed by atoms with van der Waals surface area (Å²) in [5.41, 5.74) is 2.19. The molecule has 2 aromatic rings. The number of nitrogens with zero attached hydrogens (tertiary/aromatic N) is 3. The summed E-state index contributed by atoms with van der Waals surface area (Å²) in [6.07, 6.45) is 3.55. The third kappa shape index (κ3) is 3.27. The summed E-state index contributed by atoms with van der Waals surface area (Å²) >= 11 is 3.44. The highest BCUT2D eigenvalue weighted by Crippen LogP contribution is 2.20. The lowest BCUT2D eigenvalue weighted by Crippen LogP contribution is -2.34. The van der Waals surface area contributed by atoms with Gasteiger partial charge in [0.15, 0.2) is 0 Å². The number of aryl methyl sites for hydroxylation is 1. The van der Waals surface area contributed by atoms with E-state index in [0.717, 1.165) is 28.7 Å². The molecule has 1 amide bonds. The molecule has 1 N–H and O–H groups in total. The van der Waals surface area contributed by atoms with E-state index < -0.39 is 0 Å². The molecule has 114 valence electrons. The van der Waals surface area contributed by atoms with Crippen LogP contribution in [0.5, 0.6) is 0 Å². The summed E-state index contributed by atoms with van der Waals surface area (Å²) in [7, 11) is 0. The highest BCUT2D eigenvalue weighted by molar-refractivity contribution is 9.10. The Balaban J connectivity index is 2.55. The number of fused-ring (bicyclic) bond motifs is 1. The van der Waals surface area contributed by atoms with Crippen LogP contribution in [0.3, 0.4) is 0 Å². The maximum Gasteiger partial charge on any atom is 0.272 e. The first kappa shape index (κ1) is 16.0. The summed E-state index contributed by atoms with van der Waals surface area (Å²) < 4.78 is 2.73. The molecule has 2 heterocycles. The molecule has 0 aliphatic carbocycles. The fourth-order valence-electron chi connectivity index (χ4n) is 2.38. The fourth-order valence-corrected chi connectivity index (χ4v) is 2.72. The number of imidazole rings is 1. The number of carbonyl (C=O) groups is 1. The zero-order valence-corrected chi connectivity index (χ0v) is 13.9. The van der Waals surface area contributed by atoms with Gasteiger partial charge in [0, 0.05) is 23.8 Å². The van der Waals surface area contributed by atoms with Crippen LogP contribution >= 0.6 is 15.9 Å². The molecule has 5 nitrogen and oxygen atoms in total. The number of aliphatic hydroxyl groups is 1. The molecule has 0 saturated heterocycles. The van der Waals surface area contributed by atoms with E-state index in [4.69, 9.17) is 5.11 Å². The second kappa shape index (κ2) is 7.04. The molecule has 0 bridgehead atoms. The Bertz CT molecular complexity index is 639. The van der Waals surface area contributed by atoms with Crippen LogP contribution in [0.15, 0.2) is 22.8 Å². The average molecular weight is 354 g/mol. The van der Waals surface area contributed by atoms with Gasteiger partial charge in [0.2, 0.25) is 0 Å². The number of hydrogen-bond donors (Lipinski definition) is 1. The van der Waals surface area contributed by atoms with Crippen molar-refractivity contribution in [1.82, 2.24) is 14.3 Å². The Labute approximate surface area is 132 Å². The lowest BCUT2D eigenvalue weighted by atomic mass is 10.2. The monoisotopic (exact) mass is 353 g/mol.